The van der Waals surface area contributed by atoms with Crippen LogP contribution in [0.2, 0.25) is 10.0 Å². The Labute approximate surface area is 127 Å². The van der Waals surface area contributed by atoms with Crippen LogP contribution in [-0.4, -0.2) is 12.9 Å². The minimum absolute atomic E-state index is 0.116. The van der Waals surface area contributed by atoms with Gasteiger partial charge in [0.25, 0.3) is 0 Å². The van der Waals surface area contributed by atoms with Gasteiger partial charge in [-0.1, -0.05) is 41.4 Å². The first-order chi connectivity index (χ1) is 9.60. The molecule has 0 atom stereocenters. The van der Waals surface area contributed by atoms with Gasteiger partial charge in [-0.3, -0.25) is 4.79 Å². The minimum atomic E-state index is -0.116. The Balaban J connectivity index is 2.20. The van der Waals surface area contributed by atoms with Crippen LogP contribution in [0.1, 0.15) is 15.9 Å². The molecular weight excluding hydrogens is 295 g/mol. The molecule has 0 aromatic heterocycles. The second kappa shape index (κ2) is 6.60. The first-order valence-electron chi connectivity index (χ1n) is 5.91. The zero-order chi connectivity index (χ0) is 14.5. The average molecular weight is 307 g/mol. The number of ketones is 1. The summed E-state index contributed by atoms with van der Waals surface area (Å²) in [5.74, 6) is 0.531. The Bertz CT molecular complexity index is 663. The van der Waals surface area contributed by atoms with Crippen molar-refractivity contribution in [1.29, 1.82) is 0 Å². The maximum atomic E-state index is 12.1. The number of methoxy groups -OCH3 is 1. The number of ether oxygens (including phenoxy) is 1. The average Bonchev–Trinajstić information content (AvgIpc) is 2.46. The second-order valence-electron chi connectivity index (χ2n) is 4.10. The van der Waals surface area contributed by atoms with Crippen LogP contribution in [-0.2, 0) is 0 Å². The van der Waals surface area contributed by atoms with Gasteiger partial charge >= 0.3 is 0 Å². The predicted octanol–water partition coefficient (Wildman–Crippen LogP) is 4.90. The van der Waals surface area contributed by atoms with E-state index in [0.717, 1.165) is 5.56 Å². The largest absolute Gasteiger partial charge is 0.497 e. The zero-order valence-corrected chi connectivity index (χ0v) is 12.3. The van der Waals surface area contributed by atoms with Gasteiger partial charge in [0, 0.05) is 15.6 Å². The van der Waals surface area contributed by atoms with Crippen LogP contribution in [0.3, 0.4) is 0 Å². The van der Waals surface area contributed by atoms with Crippen molar-refractivity contribution in [3.8, 4) is 5.75 Å². The maximum Gasteiger partial charge on any atom is 0.185 e. The molecule has 0 radical (unpaired) electrons. The van der Waals surface area contributed by atoms with E-state index < -0.39 is 0 Å². The van der Waals surface area contributed by atoms with Crippen LogP contribution in [0, 0.1) is 0 Å². The topological polar surface area (TPSA) is 26.3 Å². The summed E-state index contributed by atoms with van der Waals surface area (Å²) in [6.45, 7) is 0. The number of halogens is 2. The molecule has 0 aliphatic rings. The van der Waals surface area contributed by atoms with E-state index in [9.17, 15) is 4.79 Å². The van der Waals surface area contributed by atoms with Gasteiger partial charge in [0.1, 0.15) is 5.75 Å². The van der Waals surface area contributed by atoms with Gasteiger partial charge < -0.3 is 4.74 Å². The predicted molar refractivity (Wildman–Crippen MR) is 82.8 cm³/mol. The number of carbonyl (C=O) groups is 1. The van der Waals surface area contributed by atoms with E-state index >= 15 is 0 Å². The van der Waals surface area contributed by atoms with E-state index in [-0.39, 0.29) is 5.78 Å². The third kappa shape index (κ3) is 3.62. The highest BCUT2D eigenvalue weighted by molar-refractivity contribution is 6.35. The van der Waals surface area contributed by atoms with Crippen LogP contribution in [0.5, 0.6) is 5.75 Å². The number of allylic oxidation sites excluding steroid dienone is 1. The lowest BCUT2D eigenvalue weighted by Gasteiger charge is -2.01. The summed E-state index contributed by atoms with van der Waals surface area (Å²) in [5.41, 5.74) is 1.30. The monoisotopic (exact) mass is 306 g/mol. The highest BCUT2D eigenvalue weighted by atomic mass is 35.5. The van der Waals surface area contributed by atoms with Crippen molar-refractivity contribution in [2.75, 3.05) is 7.11 Å². The fourth-order valence-corrected chi connectivity index (χ4v) is 2.15. The zero-order valence-electron chi connectivity index (χ0n) is 10.8. The number of hydrogen-bond donors (Lipinski definition) is 0. The van der Waals surface area contributed by atoms with E-state index in [0.29, 0.717) is 21.4 Å². The summed E-state index contributed by atoms with van der Waals surface area (Å²) in [5, 5.41) is 1.07. The van der Waals surface area contributed by atoms with Gasteiger partial charge in [0.2, 0.25) is 0 Å². The molecule has 102 valence electrons. The van der Waals surface area contributed by atoms with E-state index in [2.05, 4.69) is 0 Å². The molecule has 2 rings (SSSR count). The highest BCUT2D eigenvalue weighted by Gasteiger charge is 2.04. The Morgan fingerprint density at radius 2 is 1.95 bits per heavy atom. The molecule has 0 unspecified atom stereocenters. The van der Waals surface area contributed by atoms with Crippen molar-refractivity contribution in [3.05, 3.63) is 69.7 Å². The Hall–Kier alpha value is -1.77. The first-order valence-corrected chi connectivity index (χ1v) is 6.67. The standard InChI is InChI=1S/C16H12Cl2O2/c1-20-14-4-2-3-12(9-14)16(19)8-6-11-5-7-13(17)10-15(11)18/h2-10H,1H3/b8-6+. The molecule has 0 spiro atoms. The Kier molecular flexibility index (Phi) is 4.83. The van der Waals surface area contributed by atoms with Crippen LogP contribution in [0.25, 0.3) is 6.08 Å². The van der Waals surface area contributed by atoms with Crippen LogP contribution in [0.4, 0.5) is 0 Å². The van der Waals surface area contributed by atoms with Gasteiger partial charge in [0.05, 0.1) is 7.11 Å². The number of carbonyl (C=O) groups excluding carboxylic acids is 1. The van der Waals surface area contributed by atoms with Crippen LogP contribution >= 0.6 is 23.2 Å². The molecule has 4 heteroatoms. The van der Waals surface area contributed by atoms with Crippen molar-refractivity contribution >= 4 is 35.1 Å². The fourth-order valence-electron chi connectivity index (χ4n) is 1.67. The fraction of sp³-hybridized carbons (Fsp3) is 0.0625. The molecule has 2 aromatic carbocycles. The molecule has 0 heterocycles. The molecule has 0 bridgehead atoms. The van der Waals surface area contributed by atoms with Gasteiger partial charge in [-0.25, -0.2) is 0 Å². The lowest BCUT2D eigenvalue weighted by atomic mass is 10.1. The second-order valence-corrected chi connectivity index (χ2v) is 4.94. The molecule has 20 heavy (non-hydrogen) atoms. The molecule has 0 fully saturated rings. The van der Waals surface area contributed by atoms with Gasteiger partial charge in [-0.15, -0.1) is 0 Å². The molecule has 2 aromatic rings. The van der Waals surface area contributed by atoms with Crippen molar-refractivity contribution in [2.24, 2.45) is 0 Å². The summed E-state index contributed by atoms with van der Waals surface area (Å²) in [6, 6.07) is 12.1. The molecule has 2 nitrogen and oxygen atoms in total. The molecule has 0 amide bonds. The summed E-state index contributed by atoms with van der Waals surface area (Å²) >= 11 is 11.9. The third-order valence-corrected chi connectivity index (χ3v) is 3.29. The third-order valence-electron chi connectivity index (χ3n) is 2.73. The molecular formula is C16H12Cl2O2. The van der Waals surface area contributed by atoms with E-state index in [1.807, 2.05) is 0 Å². The number of benzene rings is 2. The van der Waals surface area contributed by atoms with Gasteiger partial charge in [-0.2, -0.15) is 0 Å². The van der Waals surface area contributed by atoms with E-state index in [1.165, 1.54) is 6.08 Å². The van der Waals surface area contributed by atoms with E-state index in [4.69, 9.17) is 27.9 Å². The normalized spacial score (nSPS) is 10.8. The Morgan fingerprint density at radius 3 is 2.65 bits per heavy atom. The van der Waals surface area contributed by atoms with Gasteiger partial charge in [-0.05, 0) is 42.0 Å². The van der Waals surface area contributed by atoms with Crippen molar-refractivity contribution in [1.82, 2.24) is 0 Å². The smallest absolute Gasteiger partial charge is 0.185 e. The highest BCUT2D eigenvalue weighted by Crippen LogP contribution is 2.22. The summed E-state index contributed by atoms with van der Waals surface area (Å²) in [4.78, 5) is 12.1. The van der Waals surface area contributed by atoms with Gasteiger partial charge in [0.15, 0.2) is 5.78 Å². The van der Waals surface area contributed by atoms with E-state index in [1.54, 1.807) is 55.7 Å². The lowest BCUT2D eigenvalue weighted by Crippen LogP contribution is -1.95. The van der Waals surface area contributed by atoms with Crippen molar-refractivity contribution in [2.45, 2.75) is 0 Å². The van der Waals surface area contributed by atoms with Crippen LogP contribution < -0.4 is 4.74 Å². The molecule has 0 saturated heterocycles. The first kappa shape index (κ1) is 14.6. The quantitative estimate of drug-likeness (QED) is 0.593. The Morgan fingerprint density at radius 1 is 1.15 bits per heavy atom. The summed E-state index contributed by atoms with van der Waals surface area (Å²) in [7, 11) is 1.56. The molecule has 0 aliphatic heterocycles. The number of rotatable bonds is 4. The lowest BCUT2D eigenvalue weighted by molar-refractivity contribution is 0.104. The minimum Gasteiger partial charge on any atom is -0.497 e. The molecule has 0 aliphatic carbocycles. The van der Waals surface area contributed by atoms with Crippen LogP contribution in [0.15, 0.2) is 48.5 Å². The van der Waals surface area contributed by atoms with Crippen molar-refractivity contribution < 1.29 is 9.53 Å². The van der Waals surface area contributed by atoms with Crippen molar-refractivity contribution in [3.63, 3.8) is 0 Å². The maximum absolute atomic E-state index is 12.1. The summed E-state index contributed by atoms with van der Waals surface area (Å²) < 4.78 is 5.09. The molecule has 0 N–H and O–H groups in total. The molecule has 0 saturated carbocycles. The summed E-state index contributed by atoms with van der Waals surface area (Å²) in [6.07, 6.45) is 3.14. The number of hydrogen-bond acceptors (Lipinski definition) is 2. The SMILES string of the molecule is COc1cccc(C(=O)/C=C/c2ccc(Cl)cc2Cl)c1.